The molecule has 1 aromatic heterocycles. The molecule has 5 rings (SSSR count). The number of hydrogen-bond donors (Lipinski definition) is 2. The molecule has 9 heteroatoms. The average Bonchev–Trinajstić information content (AvgIpc) is 3.39. The summed E-state index contributed by atoms with van der Waals surface area (Å²) < 4.78 is 29.3. The summed E-state index contributed by atoms with van der Waals surface area (Å²) in [5.41, 5.74) is 6.46. The van der Waals surface area contributed by atoms with Crippen LogP contribution in [0.3, 0.4) is 0 Å². The van der Waals surface area contributed by atoms with Crippen LogP contribution in [0.5, 0.6) is 0 Å². The van der Waals surface area contributed by atoms with Gasteiger partial charge in [-0.15, -0.1) is 0 Å². The lowest BCUT2D eigenvalue weighted by Gasteiger charge is -2.08. The van der Waals surface area contributed by atoms with Gasteiger partial charge in [0.15, 0.2) is 0 Å². The van der Waals surface area contributed by atoms with Crippen molar-refractivity contribution in [3.8, 4) is 16.9 Å². The topological polar surface area (TPSA) is 105 Å². The van der Waals surface area contributed by atoms with Crippen molar-refractivity contribution in [1.29, 1.82) is 0 Å². The number of carbonyl (C=O) groups excluding carboxylic acids is 1. The number of carbonyl (C=O) groups is 1. The van der Waals surface area contributed by atoms with Crippen LogP contribution >= 0.6 is 0 Å². The highest BCUT2D eigenvalue weighted by Crippen LogP contribution is 2.22. The van der Waals surface area contributed by atoms with Gasteiger partial charge in [-0.25, -0.2) is 18.5 Å². The molecule has 1 amide bonds. The number of rotatable bonds is 8. The molecule has 0 aliphatic carbocycles. The largest absolute Gasteiger partial charge is 0.280 e. The van der Waals surface area contributed by atoms with Gasteiger partial charge in [-0.2, -0.15) is 10.2 Å². The molecule has 0 radical (unpaired) electrons. The van der Waals surface area contributed by atoms with E-state index in [1.165, 1.54) is 36.4 Å². The van der Waals surface area contributed by atoms with Crippen molar-refractivity contribution in [2.45, 2.75) is 4.90 Å². The fraction of sp³-hybridized carbons (Fsp3) is 0. The molecule has 0 fully saturated rings. The van der Waals surface area contributed by atoms with Crippen molar-refractivity contribution in [2.75, 3.05) is 4.72 Å². The highest BCUT2D eigenvalue weighted by Gasteiger charge is 2.14. The number of nitrogens with zero attached hydrogens (tertiary/aromatic N) is 3. The van der Waals surface area contributed by atoms with Crippen molar-refractivity contribution < 1.29 is 13.2 Å². The number of anilines is 1. The Balaban J connectivity index is 1.30. The van der Waals surface area contributed by atoms with Crippen LogP contribution in [-0.2, 0) is 10.0 Å². The van der Waals surface area contributed by atoms with Crippen molar-refractivity contribution in [3.63, 3.8) is 0 Å². The zero-order valence-electron chi connectivity index (χ0n) is 20.1. The second-order valence-electron chi connectivity index (χ2n) is 8.27. The first-order valence-electron chi connectivity index (χ1n) is 11.7. The van der Waals surface area contributed by atoms with Gasteiger partial charge in [0.2, 0.25) is 0 Å². The number of benzene rings is 4. The van der Waals surface area contributed by atoms with E-state index in [-0.39, 0.29) is 4.90 Å². The Hall–Kier alpha value is -5.02. The summed E-state index contributed by atoms with van der Waals surface area (Å²) in [6.07, 6.45) is 3.40. The zero-order valence-corrected chi connectivity index (χ0v) is 20.9. The minimum absolute atomic E-state index is 0.154. The zero-order chi connectivity index (χ0) is 26.4. The van der Waals surface area contributed by atoms with Crippen molar-refractivity contribution >= 4 is 27.8 Å². The molecule has 0 aliphatic heterocycles. The average molecular weight is 522 g/mol. The van der Waals surface area contributed by atoms with E-state index in [1.54, 1.807) is 29.1 Å². The molecular weight excluding hydrogens is 498 g/mol. The Morgan fingerprint density at radius 3 is 2.05 bits per heavy atom. The van der Waals surface area contributed by atoms with Gasteiger partial charge in [0.25, 0.3) is 15.9 Å². The molecular formula is C29H23N5O3S. The second-order valence-corrected chi connectivity index (χ2v) is 9.96. The molecule has 0 spiro atoms. The van der Waals surface area contributed by atoms with E-state index < -0.39 is 15.9 Å². The molecule has 2 N–H and O–H groups in total. The van der Waals surface area contributed by atoms with Gasteiger partial charge in [-0.3, -0.25) is 9.52 Å². The molecule has 1 heterocycles. The van der Waals surface area contributed by atoms with Crippen LogP contribution in [0.15, 0.2) is 131 Å². The lowest BCUT2D eigenvalue weighted by molar-refractivity contribution is 0.0955. The molecule has 0 atom stereocenters. The fourth-order valence-corrected chi connectivity index (χ4v) is 4.82. The predicted octanol–water partition coefficient (Wildman–Crippen LogP) is 5.10. The van der Waals surface area contributed by atoms with Crippen LogP contribution in [0.1, 0.15) is 15.9 Å². The second kappa shape index (κ2) is 10.9. The van der Waals surface area contributed by atoms with Crippen LogP contribution in [0.4, 0.5) is 5.69 Å². The highest BCUT2D eigenvalue weighted by atomic mass is 32.2. The van der Waals surface area contributed by atoms with E-state index in [4.69, 9.17) is 5.10 Å². The standard InChI is InChI=1S/C29H23N5O3S/c35-29(23-16-18-25(19-17-23)33-38(36,37)27-14-8-3-9-15-27)31-30-20-24-21-34(26-12-6-2-7-13-26)32-28(24)22-10-4-1-5-11-22/h1-21,33H,(H,31,35)/b30-20-. The Labute approximate surface area is 220 Å². The number of hydrogen-bond acceptors (Lipinski definition) is 5. The molecule has 38 heavy (non-hydrogen) atoms. The summed E-state index contributed by atoms with van der Waals surface area (Å²) in [4.78, 5) is 12.8. The number of amides is 1. The molecule has 4 aromatic carbocycles. The monoisotopic (exact) mass is 521 g/mol. The van der Waals surface area contributed by atoms with Gasteiger partial charge < -0.3 is 0 Å². The molecule has 0 bridgehead atoms. The van der Waals surface area contributed by atoms with Crippen LogP contribution in [0, 0.1) is 0 Å². The third kappa shape index (κ3) is 5.69. The number of para-hydroxylation sites is 1. The van der Waals surface area contributed by atoms with Gasteiger partial charge in [-0.1, -0.05) is 66.7 Å². The summed E-state index contributed by atoms with van der Waals surface area (Å²) in [5, 5.41) is 8.87. The summed E-state index contributed by atoms with van der Waals surface area (Å²) in [6.45, 7) is 0. The van der Waals surface area contributed by atoms with Crippen LogP contribution in [-0.4, -0.2) is 30.3 Å². The molecule has 0 aliphatic rings. The SMILES string of the molecule is O=C(N/N=C\c1cn(-c2ccccc2)nc1-c1ccccc1)c1ccc(NS(=O)(=O)c2ccccc2)cc1. The summed E-state index contributed by atoms with van der Waals surface area (Å²) in [6, 6.07) is 33.6. The lowest BCUT2D eigenvalue weighted by atomic mass is 10.1. The van der Waals surface area contributed by atoms with E-state index in [0.717, 1.165) is 22.5 Å². The maximum atomic E-state index is 12.7. The molecule has 8 nitrogen and oxygen atoms in total. The van der Waals surface area contributed by atoms with Gasteiger partial charge in [0.05, 0.1) is 16.8 Å². The fourth-order valence-electron chi connectivity index (χ4n) is 3.74. The molecule has 0 saturated carbocycles. The van der Waals surface area contributed by atoms with E-state index in [1.807, 2.05) is 66.9 Å². The first-order valence-corrected chi connectivity index (χ1v) is 13.2. The van der Waals surface area contributed by atoms with Gasteiger partial charge in [-0.05, 0) is 48.5 Å². The maximum absolute atomic E-state index is 12.7. The Morgan fingerprint density at radius 1 is 0.789 bits per heavy atom. The first-order chi connectivity index (χ1) is 18.5. The molecule has 188 valence electrons. The van der Waals surface area contributed by atoms with Gasteiger partial charge in [0, 0.05) is 28.6 Å². The minimum Gasteiger partial charge on any atom is -0.280 e. The first kappa shape index (κ1) is 24.7. The lowest BCUT2D eigenvalue weighted by Crippen LogP contribution is -2.18. The summed E-state index contributed by atoms with van der Waals surface area (Å²) in [5.74, 6) is -0.435. The van der Waals surface area contributed by atoms with Crippen molar-refractivity contribution in [3.05, 3.63) is 133 Å². The normalized spacial score (nSPS) is 11.4. The van der Waals surface area contributed by atoms with Crippen LogP contribution in [0.25, 0.3) is 16.9 Å². The Kier molecular flexibility index (Phi) is 7.10. The van der Waals surface area contributed by atoms with E-state index >= 15 is 0 Å². The van der Waals surface area contributed by atoms with Crippen molar-refractivity contribution in [1.82, 2.24) is 15.2 Å². The van der Waals surface area contributed by atoms with Crippen LogP contribution < -0.4 is 10.1 Å². The minimum atomic E-state index is -3.72. The number of hydrazone groups is 1. The van der Waals surface area contributed by atoms with E-state index in [0.29, 0.717) is 11.3 Å². The smallest absolute Gasteiger partial charge is 0.271 e. The third-order valence-corrected chi connectivity index (χ3v) is 7.03. The predicted molar refractivity (Wildman–Crippen MR) is 148 cm³/mol. The van der Waals surface area contributed by atoms with Gasteiger partial charge in [0.1, 0.15) is 5.69 Å². The maximum Gasteiger partial charge on any atom is 0.271 e. The molecule has 5 aromatic rings. The molecule has 0 saturated heterocycles. The van der Waals surface area contributed by atoms with Crippen LogP contribution in [0.2, 0.25) is 0 Å². The Morgan fingerprint density at radius 2 is 1.39 bits per heavy atom. The number of aromatic nitrogens is 2. The van der Waals surface area contributed by atoms with E-state index in [9.17, 15) is 13.2 Å². The highest BCUT2D eigenvalue weighted by molar-refractivity contribution is 7.92. The van der Waals surface area contributed by atoms with Gasteiger partial charge >= 0.3 is 0 Å². The number of nitrogens with one attached hydrogen (secondary N) is 2. The summed E-state index contributed by atoms with van der Waals surface area (Å²) in [7, 11) is -3.72. The van der Waals surface area contributed by atoms with Crippen molar-refractivity contribution in [2.24, 2.45) is 5.10 Å². The number of sulfonamides is 1. The Bertz CT molecular complexity index is 1670. The summed E-state index contributed by atoms with van der Waals surface area (Å²) >= 11 is 0. The van der Waals surface area contributed by atoms with E-state index in [2.05, 4.69) is 15.2 Å². The molecule has 0 unspecified atom stereocenters. The third-order valence-electron chi connectivity index (χ3n) is 5.63. The quantitative estimate of drug-likeness (QED) is 0.219.